The molecule has 0 radical (unpaired) electrons. The monoisotopic (exact) mass is 388 g/mol. The van der Waals surface area contributed by atoms with Gasteiger partial charge in [-0.25, -0.2) is 8.42 Å². The molecule has 24 heavy (non-hydrogen) atoms. The van der Waals surface area contributed by atoms with Crippen LogP contribution < -0.4 is 51.4 Å². The Bertz CT molecular complexity index is 648. The van der Waals surface area contributed by atoms with E-state index in [1.165, 1.54) is 31.2 Å². The number of hydrogen-bond acceptors (Lipinski definition) is 4. The van der Waals surface area contributed by atoms with Crippen molar-refractivity contribution in [2.45, 2.75) is 29.8 Å². The van der Waals surface area contributed by atoms with Gasteiger partial charge in [0, 0.05) is 0 Å². The molecule has 1 rings (SSSR count). The first-order valence-corrected chi connectivity index (χ1v) is 8.54. The summed E-state index contributed by atoms with van der Waals surface area (Å²) in [4.78, 5) is 11.8. The van der Waals surface area contributed by atoms with Gasteiger partial charge < -0.3 is 17.7 Å². The fourth-order valence-corrected chi connectivity index (χ4v) is 3.38. The summed E-state index contributed by atoms with van der Waals surface area (Å²) in [6, 6.07) is 7.26. The third-order valence-corrected chi connectivity index (χ3v) is 4.98. The van der Waals surface area contributed by atoms with Gasteiger partial charge in [-0.2, -0.15) is 0 Å². The topological polar surface area (TPSA) is 60.4 Å². The molecule has 1 unspecified atom stereocenters. The number of esters is 1. The number of carbonyl (C=O) groups is 1. The molecule has 0 aliphatic heterocycles. The molecule has 0 amide bonds. The predicted molar refractivity (Wildman–Crippen MR) is 81.7 cm³/mol. The van der Waals surface area contributed by atoms with E-state index in [0.717, 1.165) is 12.2 Å². The van der Waals surface area contributed by atoms with Gasteiger partial charge in [-0.1, -0.05) is 30.6 Å². The maximum absolute atomic E-state index is 12.5. The maximum atomic E-state index is 12.5. The Morgan fingerprint density at radius 3 is 2.29 bits per heavy atom. The van der Waals surface area contributed by atoms with Crippen LogP contribution in [0.2, 0.25) is 6.32 Å². The summed E-state index contributed by atoms with van der Waals surface area (Å²) in [6.45, 7) is -3.49. The van der Waals surface area contributed by atoms with E-state index < -0.39 is 34.4 Å². The van der Waals surface area contributed by atoms with Gasteiger partial charge in [0.05, 0.1) is 11.5 Å². The van der Waals surface area contributed by atoms with Gasteiger partial charge in [0.25, 0.3) is 0 Å². The van der Waals surface area contributed by atoms with Gasteiger partial charge >= 0.3 is 64.3 Å². The molecular weight excluding hydrogens is 371 g/mol. The van der Waals surface area contributed by atoms with Crippen molar-refractivity contribution in [3.63, 3.8) is 0 Å². The van der Waals surface area contributed by atoms with E-state index in [-0.39, 0.29) is 69.3 Å². The van der Waals surface area contributed by atoms with Gasteiger partial charge in [-0.3, -0.25) is 4.79 Å². The summed E-state index contributed by atoms with van der Waals surface area (Å²) in [5.41, 5.74) is 0. The molecule has 0 bridgehead atoms. The van der Waals surface area contributed by atoms with E-state index in [2.05, 4.69) is 0 Å². The Morgan fingerprint density at radius 2 is 1.79 bits per heavy atom. The van der Waals surface area contributed by atoms with Crippen LogP contribution >= 0.6 is 0 Å². The van der Waals surface area contributed by atoms with Crippen LogP contribution in [0.3, 0.4) is 0 Å². The molecule has 0 aromatic heterocycles. The van der Waals surface area contributed by atoms with E-state index in [4.69, 9.17) is 4.74 Å². The van der Waals surface area contributed by atoms with Crippen LogP contribution in [0.1, 0.15) is 13.3 Å². The first-order chi connectivity index (χ1) is 10.7. The fraction of sp³-hybridized carbons (Fsp3) is 0.357. The van der Waals surface area contributed by atoms with Crippen molar-refractivity contribution < 1.29 is 82.3 Å². The molecule has 0 aliphatic carbocycles. The van der Waals surface area contributed by atoms with E-state index in [1.54, 1.807) is 6.07 Å². The number of rotatable bonds is 8. The third-order valence-electron chi connectivity index (χ3n) is 2.92. The van der Waals surface area contributed by atoms with Crippen molar-refractivity contribution in [1.29, 1.82) is 0 Å². The molecule has 1 aromatic carbocycles. The minimum Gasteiger partial charge on any atom is -0.465 e. The Balaban J connectivity index is 0.00000529. The van der Waals surface area contributed by atoms with Crippen molar-refractivity contribution in [1.82, 2.24) is 0 Å². The molecule has 0 aliphatic rings. The molecule has 0 spiro atoms. The van der Waals surface area contributed by atoms with Gasteiger partial charge in [-0.05, 0) is 25.5 Å². The largest absolute Gasteiger partial charge is 1.00 e. The summed E-state index contributed by atoms with van der Waals surface area (Å²) >= 11 is 0. The summed E-state index contributed by atoms with van der Waals surface area (Å²) in [5.74, 6) is -0.974. The number of hydrogen-bond donors (Lipinski definition) is 0. The second-order valence-corrected chi connectivity index (χ2v) is 6.88. The Hall–Kier alpha value is -0.129. The first-order valence-electron chi connectivity index (χ1n) is 7.00. The van der Waals surface area contributed by atoms with Crippen LogP contribution in [-0.4, -0.2) is 33.2 Å². The zero-order valence-electron chi connectivity index (χ0n) is 13.5. The minimum absolute atomic E-state index is 0. The normalized spacial score (nSPS) is 13.3. The van der Waals surface area contributed by atoms with Crippen LogP contribution in [0, 0.1) is 0 Å². The summed E-state index contributed by atoms with van der Waals surface area (Å²) in [5, 5.41) is -1.57. The average molecular weight is 388 g/mol. The molecule has 0 fully saturated rings. The number of carbonyl (C=O) groups excluding carboxylic acids is 1. The second kappa shape index (κ2) is 10.8. The summed E-state index contributed by atoms with van der Waals surface area (Å²) in [6.07, 6.45) is 0.382. The number of halogens is 3. The van der Waals surface area contributed by atoms with Crippen molar-refractivity contribution in [3.05, 3.63) is 42.5 Å². The Morgan fingerprint density at radius 1 is 1.21 bits per heavy atom. The summed E-state index contributed by atoms with van der Waals surface area (Å²) < 4.78 is 66.2. The smallest absolute Gasteiger partial charge is 0.465 e. The molecule has 4 nitrogen and oxygen atoms in total. The van der Waals surface area contributed by atoms with Gasteiger partial charge in [-0.15, -0.1) is 6.08 Å². The third kappa shape index (κ3) is 7.83. The van der Waals surface area contributed by atoms with Gasteiger partial charge in [0.2, 0.25) is 0 Å². The molecule has 0 saturated carbocycles. The molecule has 0 heterocycles. The van der Waals surface area contributed by atoms with E-state index in [0.29, 0.717) is 0 Å². The number of allylic oxidation sites excluding steroid dienone is 2. The molecule has 10 heteroatoms. The number of sulfone groups is 1. The molecule has 1 atom stereocenters. The Labute approximate surface area is 182 Å². The van der Waals surface area contributed by atoms with Crippen molar-refractivity contribution >= 4 is 22.8 Å². The standard InChI is InChI=1S/C14H17BF3O4S.K/c1-2-22-14(19)13(10-6-7-11-15(16,17)18)23(20,21)12-8-4-3-5-9-12;/h3-9,13H,2,10-11H2,1H3;/q-1;+1/b7-6+;. The Kier molecular flexibility index (Phi) is 10.7. The summed E-state index contributed by atoms with van der Waals surface area (Å²) in [7, 11) is -4.04. The second-order valence-electron chi connectivity index (χ2n) is 4.75. The minimum atomic E-state index is -4.99. The van der Waals surface area contributed by atoms with Crippen LogP contribution in [0.4, 0.5) is 12.9 Å². The zero-order chi connectivity index (χ0) is 17.5. The fourth-order valence-electron chi connectivity index (χ4n) is 1.83. The number of benzene rings is 1. The van der Waals surface area contributed by atoms with Gasteiger partial charge in [0.15, 0.2) is 15.1 Å². The van der Waals surface area contributed by atoms with Crippen LogP contribution in [0.25, 0.3) is 0 Å². The maximum Gasteiger partial charge on any atom is 1.00 e. The quantitative estimate of drug-likeness (QED) is 0.363. The van der Waals surface area contributed by atoms with Gasteiger partial charge in [0.1, 0.15) is 0 Å². The SMILES string of the molecule is CCOC(=O)C(C/C=C/C[B-](F)(F)F)S(=O)(=O)c1ccccc1.[K+]. The van der Waals surface area contributed by atoms with E-state index in [9.17, 15) is 26.2 Å². The van der Waals surface area contributed by atoms with Crippen molar-refractivity contribution in [2.24, 2.45) is 0 Å². The molecule has 128 valence electrons. The molecule has 0 saturated heterocycles. The molecule has 0 N–H and O–H groups in total. The van der Waals surface area contributed by atoms with E-state index in [1.807, 2.05) is 0 Å². The number of ether oxygens (including phenoxy) is 1. The van der Waals surface area contributed by atoms with Crippen LogP contribution in [0.5, 0.6) is 0 Å². The zero-order valence-corrected chi connectivity index (χ0v) is 17.4. The van der Waals surface area contributed by atoms with Crippen LogP contribution in [0.15, 0.2) is 47.4 Å². The van der Waals surface area contributed by atoms with Crippen molar-refractivity contribution in [2.75, 3.05) is 6.61 Å². The molecule has 1 aromatic rings. The predicted octanol–water partition coefficient (Wildman–Crippen LogP) is 0.190. The van der Waals surface area contributed by atoms with E-state index >= 15 is 0 Å². The average Bonchev–Trinajstić information content (AvgIpc) is 2.46. The molecular formula is C14H17BF3KO4S. The van der Waals surface area contributed by atoms with Crippen LogP contribution in [-0.2, 0) is 19.4 Å². The first kappa shape index (κ1) is 23.9. The van der Waals surface area contributed by atoms with Crippen molar-refractivity contribution in [3.8, 4) is 0 Å².